The van der Waals surface area contributed by atoms with Crippen LogP contribution in [0.25, 0.3) is 10.9 Å². The monoisotopic (exact) mass is 224 g/mol. The third-order valence-electron chi connectivity index (χ3n) is 2.68. The number of hydrogen-bond donors (Lipinski definition) is 1. The molecule has 3 aromatic rings. The van der Waals surface area contributed by atoms with Crippen LogP contribution in [-0.2, 0) is 6.61 Å². The zero-order chi connectivity index (χ0) is 11.5. The van der Waals surface area contributed by atoms with Crippen molar-refractivity contribution < 1.29 is 4.74 Å². The maximum absolute atomic E-state index is 5.73. The number of hydrogen-bond acceptors (Lipinski definition) is 2. The van der Waals surface area contributed by atoms with Gasteiger partial charge in [0, 0.05) is 29.5 Å². The summed E-state index contributed by atoms with van der Waals surface area (Å²) in [6.45, 7) is 0.568. The van der Waals surface area contributed by atoms with Gasteiger partial charge in [-0.3, -0.25) is 4.98 Å². The molecule has 0 saturated heterocycles. The highest BCUT2D eigenvalue weighted by atomic mass is 16.5. The third-order valence-corrected chi connectivity index (χ3v) is 2.68. The Morgan fingerprint density at radius 2 is 1.94 bits per heavy atom. The summed E-state index contributed by atoms with van der Waals surface area (Å²) in [5.74, 6) is 0.883. The number of aromatic nitrogens is 2. The topological polar surface area (TPSA) is 37.9 Å². The van der Waals surface area contributed by atoms with Crippen molar-refractivity contribution in [3.63, 3.8) is 0 Å². The first-order valence-electron chi connectivity index (χ1n) is 5.51. The summed E-state index contributed by atoms with van der Waals surface area (Å²) in [6, 6.07) is 12.0. The van der Waals surface area contributed by atoms with Crippen LogP contribution >= 0.6 is 0 Å². The van der Waals surface area contributed by atoms with E-state index in [1.165, 1.54) is 0 Å². The number of aromatic amines is 1. The number of rotatable bonds is 3. The molecule has 17 heavy (non-hydrogen) atoms. The van der Waals surface area contributed by atoms with E-state index in [1.807, 2.05) is 42.6 Å². The Hall–Kier alpha value is -2.29. The van der Waals surface area contributed by atoms with E-state index in [2.05, 4.69) is 9.97 Å². The average Bonchev–Trinajstić information content (AvgIpc) is 2.85. The number of fused-ring (bicyclic) bond motifs is 1. The van der Waals surface area contributed by atoms with Crippen molar-refractivity contribution in [1.82, 2.24) is 9.97 Å². The molecule has 0 saturated carbocycles. The highest BCUT2D eigenvalue weighted by Crippen LogP contribution is 2.20. The highest BCUT2D eigenvalue weighted by molar-refractivity contribution is 5.80. The molecule has 0 atom stereocenters. The van der Waals surface area contributed by atoms with Gasteiger partial charge in [0.1, 0.15) is 12.4 Å². The second-order valence-electron chi connectivity index (χ2n) is 3.87. The fourth-order valence-electron chi connectivity index (χ4n) is 1.77. The Bertz CT molecular complexity index is 616. The second kappa shape index (κ2) is 4.29. The van der Waals surface area contributed by atoms with Crippen LogP contribution in [0.1, 0.15) is 5.56 Å². The fraction of sp³-hybridized carbons (Fsp3) is 0.0714. The lowest BCUT2D eigenvalue weighted by molar-refractivity contribution is 0.306. The molecular weight excluding hydrogens is 212 g/mol. The Morgan fingerprint density at radius 3 is 2.82 bits per heavy atom. The molecule has 0 bridgehead atoms. The number of nitrogens with one attached hydrogen (secondary N) is 1. The Morgan fingerprint density at radius 1 is 1.06 bits per heavy atom. The fourth-order valence-corrected chi connectivity index (χ4v) is 1.77. The maximum Gasteiger partial charge on any atom is 0.120 e. The van der Waals surface area contributed by atoms with E-state index < -0.39 is 0 Å². The van der Waals surface area contributed by atoms with Gasteiger partial charge in [-0.25, -0.2) is 0 Å². The van der Waals surface area contributed by atoms with Crippen molar-refractivity contribution in [1.29, 1.82) is 0 Å². The summed E-state index contributed by atoms with van der Waals surface area (Å²) in [4.78, 5) is 7.13. The first-order chi connectivity index (χ1) is 8.42. The largest absolute Gasteiger partial charge is 0.489 e. The molecule has 2 heterocycles. The zero-order valence-electron chi connectivity index (χ0n) is 9.26. The molecule has 0 aliphatic heterocycles. The van der Waals surface area contributed by atoms with Crippen LogP contribution in [0.4, 0.5) is 0 Å². The van der Waals surface area contributed by atoms with Gasteiger partial charge in [0.25, 0.3) is 0 Å². The molecule has 1 N–H and O–H groups in total. The number of ether oxygens (including phenoxy) is 1. The quantitative estimate of drug-likeness (QED) is 0.742. The summed E-state index contributed by atoms with van der Waals surface area (Å²) in [5, 5.41) is 1.16. The minimum absolute atomic E-state index is 0.568. The van der Waals surface area contributed by atoms with Crippen molar-refractivity contribution in [2.45, 2.75) is 6.61 Å². The van der Waals surface area contributed by atoms with Crippen molar-refractivity contribution in [3.8, 4) is 5.75 Å². The SMILES string of the molecule is c1cc(COc2ccc3[nH]ccc3c2)ccn1. The molecule has 0 fully saturated rings. The molecule has 0 unspecified atom stereocenters. The van der Waals surface area contributed by atoms with Gasteiger partial charge < -0.3 is 9.72 Å². The molecule has 0 spiro atoms. The van der Waals surface area contributed by atoms with Gasteiger partial charge in [0.05, 0.1) is 0 Å². The molecule has 0 radical (unpaired) electrons. The van der Waals surface area contributed by atoms with Gasteiger partial charge in [0.2, 0.25) is 0 Å². The molecule has 0 aliphatic carbocycles. The smallest absolute Gasteiger partial charge is 0.120 e. The maximum atomic E-state index is 5.73. The van der Waals surface area contributed by atoms with Crippen molar-refractivity contribution in [2.24, 2.45) is 0 Å². The second-order valence-corrected chi connectivity index (χ2v) is 3.87. The minimum Gasteiger partial charge on any atom is -0.489 e. The van der Waals surface area contributed by atoms with E-state index >= 15 is 0 Å². The van der Waals surface area contributed by atoms with E-state index in [1.54, 1.807) is 12.4 Å². The number of benzene rings is 1. The molecule has 3 rings (SSSR count). The predicted octanol–water partition coefficient (Wildman–Crippen LogP) is 3.14. The normalized spacial score (nSPS) is 10.6. The van der Waals surface area contributed by atoms with E-state index in [0.717, 1.165) is 22.2 Å². The molecule has 1 aromatic carbocycles. The lowest BCUT2D eigenvalue weighted by Gasteiger charge is -2.05. The number of H-pyrrole nitrogens is 1. The van der Waals surface area contributed by atoms with Crippen LogP contribution in [0, 0.1) is 0 Å². The predicted molar refractivity (Wildman–Crippen MR) is 66.9 cm³/mol. The minimum atomic E-state index is 0.568. The Labute approximate surface area is 99.1 Å². The van der Waals surface area contributed by atoms with Crippen molar-refractivity contribution >= 4 is 10.9 Å². The lowest BCUT2D eigenvalue weighted by atomic mass is 10.2. The van der Waals surface area contributed by atoms with Crippen LogP contribution < -0.4 is 4.74 Å². The first kappa shape index (κ1) is 9.90. The van der Waals surface area contributed by atoms with Crippen LogP contribution in [0.2, 0.25) is 0 Å². The summed E-state index contributed by atoms with van der Waals surface area (Å²) in [7, 11) is 0. The lowest BCUT2D eigenvalue weighted by Crippen LogP contribution is -1.94. The van der Waals surface area contributed by atoms with Gasteiger partial charge in [-0.15, -0.1) is 0 Å². The summed E-state index contributed by atoms with van der Waals surface area (Å²) in [6.07, 6.45) is 5.47. The summed E-state index contributed by atoms with van der Waals surface area (Å²) >= 11 is 0. The molecule has 2 aromatic heterocycles. The molecule has 0 amide bonds. The van der Waals surface area contributed by atoms with Crippen LogP contribution in [-0.4, -0.2) is 9.97 Å². The Kier molecular flexibility index (Phi) is 2.50. The van der Waals surface area contributed by atoms with Gasteiger partial charge >= 0.3 is 0 Å². The number of pyridine rings is 1. The van der Waals surface area contributed by atoms with Gasteiger partial charge in [0.15, 0.2) is 0 Å². The van der Waals surface area contributed by atoms with Gasteiger partial charge in [-0.2, -0.15) is 0 Å². The summed E-state index contributed by atoms with van der Waals surface area (Å²) in [5.41, 5.74) is 2.25. The van der Waals surface area contributed by atoms with Crippen molar-refractivity contribution in [3.05, 3.63) is 60.6 Å². The average molecular weight is 224 g/mol. The third kappa shape index (κ3) is 2.13. The molecule has 3 heteroatoms. The van der Waals surface area contributed by atoms with E-state index in [-0.39, 0.29) is 0 Å². The highest BCUT2D eigenvalue weighted by Gasteiger charge is 1.98. The first-order valence-corrected chi connectivity index (χ1v) is 5.51. The van der Waals surface area contributed by atoms with E-state index in [4.69, 9.17) is 4.74 Å². The molecular formula is C14H12N2O. The molecule has 3 nitrogen and oxygen atoms in total. The van der Waals surface area contributed by atoms with Gasteiger partial charge in [-0.05, 0) is 42.0 Å². The van der Waals surface area contributed by atoms with Crippen LogP contribution in [0.15, 0.2) is 55.0 Å². The molecule has 0 aliphatic rings. The van der Waals surface area contributed by atoms with Gasteiger partial charge in [-0.1, -0.05) is 0 Å². The summed E-state index contributed by atoms with van der Waals surface area (Å²) < 4.78 is 5.73. The molecule has 84 valence electrons. The number of nitrogens with zero attached hydrogens (tertiary/aromatic N) is 1. The van der Waals surface area contributed by atoms with Crippen LogP contribution in [0.3, 0.4) is 0 Å². The van der Waals surface area contributed by atoms with E-state index in [0.29, 0.717) is 6.61 Å². The Balaban J connectivity index is 1.76. The van der Waals surface area contributed by atoms with Crippen molar-refractivity contribution in [2.75, 3.05) is 0 Å². The van der Waals surface area contributed by atoms with E-state index in [9.17, 15) is 0 Å². The standard InChI is InChI=1S/C14H12N2O/c1-2-14-12(5-8-16-14)9-13(1)17-10-11-3-6-15-7-4-11/h1-9,16H,10H2. The zero-order valence-corrected chi connectivity index (χ0v) is 9.26. The van der Waals surface area contributed by atoms with Crippen LogP contribution in [0.5, 0.6) is 5.75 Å².